The SMILES string of the molecule is CCOC(=O)N1CCC(NC(N)=NCCNS(=O)(=O)c2ccc(Cl)s2)CC1. The standard InChI is InChI=1S/C15H24ClN5O4S2/c1-2-25-15(22)21-9-5-11(6-10-21)20-14(17)18-7-8-19-27(23,24)13-4-3-12(16)26-13/h3-4,11,19H,2,5-10H2,1H3,(H3,17,18,20). The number of nitrogens with one attached hydrogen (secondary N) is 2. The lowest BCUT2D eigenvalue weighted by Gasteiger charge is -2.31. The summed E-state index contributed by atoms with van der Waals surface area (Å²) in [5, 5.41) is 3.10. The maximum atomic E-state index is 12.0. The van der Waals surface area contributed by atoms with Gasteiger partial charge in [0, 0.05) is 25.7 Å². The second kappa shape index (κ2) is 10.1. The number of rotatable bonds is 7. The lowest BCUT2D eigenvalue weighted by atomic mass is 10.1. The molecule has 0 aliphatic carbocycles. The van der Waals surface area contributed by atoms with Crippen molar-refractivity contribution >= 4 is 45.0 Å². The summed E-state index contributed by atoms with van der Waals surface area (Å²) in [5.41, 5.74) is 5.85. The molecule has 0 saturated carbocycles. The van der Waals surface area contributed by atoms with Crippen molar-refractivity contribution in [2.75, 3.05) is 32.8 Å². The van der Waals surface area contributed by atoms with Crippen LogP contribution in [0.2, 0.25) is 4.34 Å². The number of piperidine rings is 1. The van der Waals surface area contributed by atoms with Crippen LogP contribution < -0.4 is 15.8 Å². The first-order valence-electron chi connectivity index (χ1n) is 8.55. The summed E-state index contributed by atoms with van der Waals surface area (Å²) in [6.45, 7) is 3.65. The zero-order valence-corrected chi connectivity index (χ0v) is 17.4. The lowest BCUT2D eigenvalue weighted by molar-refractivity contribution is 0.0963. The third-order valence-electron chi connectivity index (χ3n) is 3.87. The molecular formula is C15H24ClN5O4S2. The van der Waals surface area contributed by atoms with E-state index in [0.29, 0.717) is 24.0 Å². The molecule has 0 aromatic carbocycles. The van der Waals surface area contributed by atoms with E-state index in [9.17, 15) is 13.2 Å². The van der Waals surface area contributed by atoms with E-state index in [1.54, 1.807) is 11.8 Å². The van der Waals surface area contributed by atoms with Gasteiger partial charge in [0.2, 0.25) is 10.0 Å². The fourth-order valence-corrected chi connectivity index (χ4v) is 5.09. The van der Waals surface area contributed by atoms with Crippen LogP contribution >= 0.6 is 22.9 Å². The van der Waals surface area contributed by atoms with Gasteiger partial charge >= 0.3 is 6.09 Å². The van der Waals surface area contributed by atoms with E-state index in [1.165, 1.54) is 12.1 Å². The van der Waals surface area contributed by atoms with Crippen molar-refractivity contribution < 1.29 is 17.9 Å². The van der Waals surface area contributed by atoms with E-state index < -0.39 is 10.0 Å². The average molecular weight is 438 g/mol. The Balaban J connectivity index is 1.70. The summed E-state index contributed by atoms with van der Waals surface area (Å²) >= 11 is 6.75. The third-order valence-corrected chi connectivity index (χ3v) is 7.06. The van der Waals surface area contributed by atoms with Crippen LogP contribution in [0, 0.1) is 0 Å². The van der Waals surface area contributed by atoms with Gasteiger partial charge in [-0.25, -0.2) is 17.9 Å². The van der Waals surface area contributed by atoms with Gasteiger partial charge in [-0.05, 0) is 31.9 Å². The normalized spacial score (nSPS) is 16.4. The zero-order valence-electron chi connectivity index (χ0n) is 15.0. The second-order valence-electron chi connectivity index (χ2n) is 5.83. The maximum Gasteiger partial charge on any atom is 0.409 e. The molecule has 2 heterocycles. The molecule has 1 aromatic heterocycles. The molecule has 1 aliphatic heterocycles. The minimum Gasteiger partial charge on any atom is -0.450 e. The van der Waals surface area contributed by atoms with Crippen LogP contribution in [-0.2, 0) is 14.8 Å². The molecule has 0 spiro atoms. The Morgan fingerprint density at radius 3 is 2.74 bits per heavy atom. The Morgan fingerprint density at radius 2 is 2.15 bits per heavy atom. The lowest BCUT2D eigenvalue weighted by Crippen LogP contribution is -2.48. The van der Waals surface area contributed by atoms with E-state index >= 15 is 0 Å². The van der Waals surface area contributed by atoms with E-state index in [-0.39, 0.29) is 35.4 Å². The molecule has 4 N–H and O–H groups in total. The van der Waals surface area contributed by atoms with Crippen molar-refractivity contribution in [2.45, 2.75) is 30.0 Å². The highest BCUT2D eigenvalue weighted by molar-refractivity contribution is 7.91. The van der Waals surface area contributed by atoms with Gasteiger partial charge in [-0.1, -0.05) is 11.6 Å². The van der Waals surface area contributed by atoms with Crippen molar-refractivity contribution in [3.63, 3.8) is 0 Å². The molecule has 27 heavy (non-hydrogen) atoms. The number of likely N-dealkylation sites (tertiary alicyclic amines) is 1. The van der Waals surface area contributed by atoms with Gasteiger partial charge < -0.3 is 20.7 Å². The highest BCUT2D eigenvalue weighted by atomic mass is 35.5. The maximum absolute atomic E-state index is 12.0. The summed E-state index contributed by atoms with van der Waals surface area (Å²) in [4.78, 5) is 17.5. The van der Waals surface area contributed by atoms with Crippen LogP contribution in [0.1, 0.15) is 19.8 Å². The molecule has 1 amide bonds. The molecule has 12 heteroatoms. The van der Waals surface area contributed by atoms with E-state index in [1.807, 2.05) is 0 Å². The molecule has 0 unspecified atom stereocenters. The fourth-order valence-electron chi connectivity index (χ4n) is 2.55. The molecule has 1 saturated heterocycles. The monoisotopic (exact) mass is 437 g/mol. The smallest absolute Gasteiger partial charge is 0.409 e. The molecule has 0 bridgehead atoms. The molecule has 1 aliphatic rings. The number of thiophene rings is 1. The zero-order chi connectivity index (χ0) is 19.9. The van der Waals surface area contributed by atoms with Crippen LogP contribution in [0.4, 0.5) is 4.79 Å². The number of nitrogens with zero attached hydrogens (tertiary/aromatic N) is 2. The van der Waals surface area contributed by atoms with Crippen molar-refractivity contribution in [2.24, 2.45) is 10.7 Å². The molecule has 1 fully saturated rings. The molecular weight excluding hydrogens is 414 g/mol. The van der Waals surface area contributed by atoms with Gasteiger partial charge in [-0.2, -0.15) is 0 Å². The van der Waals surface area contributed by atoms with Crippen molar-refractivity contribution in [3.8, 4) is 0 Å². The fraction of sp³-hybridized carbons (Fsp3) is 0.600. The Hall–Kier alpha value is -1.56. The number of ether oxygens (including phenoxy) is 1. The number of hydrogen-bond donors (Lipinski definition) is 3. The van der Waals surface area contributed by atoms with Crippen LogP contribution in [-0.4, -0.2) is 64.2 Å². The predicted octanol–water partition coefficient (Wildman–Crippen LogP) is 1.20. The first kappa shape index (κ1) is 21.7. The number of carbonyl (C=O) groups excluding carboxylic acids is 1. The molecule has 1 aromatic rings. The van der Waals surface area contributed by atoms with Crippen molar-refractivity contribution in [1.29, 1.82) is 0 Å². The quantitative estimate of drug-likeness (QED) is 0.334. The summed E-state index contributed by atoms with van der Waals surface area (Å²) in [6.07, 6.45) is 1.18. The van der Waals surface area contributed by atoms with Crippen LogP contribution in [0.3, 0.4) is 0 Å². The first-order valence-corrected chi connectivity index (χ1v) is 11.2. The first-order chi connectivity index (χ1) is 12.8. The number of hydrogen-bond acceptors (Lipinski definition) is 6. The summed E-state index contributed by atoms with van der Waals surface area (Å²) in [6, 6.07) is 3.11. The number of aliphatic imine (C=N–C) groups is 1. The third kappa shape index (κ3) is 6.83. The highest BCUT2D eigenvalue weighted by Gasteiger charge is 2.23. The van der Waals surface area contributed by atoms with Gasteiger partial charge in [0.05, 0.1) is 17.5 Å². The van der Waals surface area contributed by atoms with Gasteiger partial charge in [0.25, 0.3) is 0 Å². The largest absolute Gasteiger partial charge is 0.450 e. The number of amides is 1. The van der Waals surface area contributed by atoms with Gasteiger partial charge in [-0.15, -0.1) is 11.3 Å². The number of nitrogens with two attached hydrogens (primary N) is 1. The minimum absolute atomic E-state index is 0.115. The Kier molecular flexibility index (Phi) is 8.14. The molecule has 152 valence electrons. The topological polar surface area (TPSA) is 126 Å². The molecule has 0 atom stereocenters. The molecule has 2 rings (SSSR count). The summed E-state index contributed by atoms with van der Waals surface area (Å²) < 4.78 is 32.1. The van der Waals surface area contributed by atoms with E-state index in [0.717, 1.165) is 24.2 Å². The van der Waals surface area contributed by atoms with Crippen LogP contribution in [0.5, 0.6) is 0 Å². The molecule has 9 nitrogen and oxygen atoms in total. The van der Waals surface area contributed by atoms with Gasteiger partial charge in [0.1, 0.15) is 4.21 Å². The van der Waals surface area contributed by atoms with Gasteiger partial charge in [-0.3, -0.25) is 4.99 Å². The summed E-state index contributed by atoms with van der Waals surface area (Å²) in [5.74, 6) is 0.253. The second-order valence-corrected chi connectivity index (χ2v) is 9.54. The predicted molar refractivity (Wildman–Crippen MR) is 106 cm³/mol. The number of sulfonamides is 1. The Bertz CT molecular complexity index is 760. The average Bonchev–Trinajstić information content (AvgIpc) is 3.07. The number of guanidine groups is 1. The van der Waals surface area contributed by atoms with E-state index in [4.69, 9.17) is 22.1 Å². The van der Waals surface area contributed by atoms with Crippen LogP contribution in [0.25, 0.3) is 0 Å². The summed E-state index contributed by atoms with van der Waals surface area (Å²) in [7, 11) is -3.58. The van der Waals surface area contributed by atoms with Crippen molar-refractivity contribution in [1.82, 2.24) is 14.9 Å². The molecule has 0 radical (unpaired) electrons. The van der Waals surface area contributed by atoms with E-state index in [2.05, 4.69) is 15.0 Å². The minimum atomic E-state index is -3.58. The Morgan fingerprint density at radius 1 is 1.44 bits per heavy atom. The van der Waals surface area contributed by atoms with Crippen LogP contribution in [0.15, 0.2) is 21.3 Å². The Labute approximate surface area is 168 Å². The highest BCUT2D eigenvalue weighted by Crippen LogP contribution is 2.25. The van der Waals surface area contributed by atoms with Gasteiger partial charge in [0.15, 0.2) is 5.96 Å². The number of carbonyl (C=O) groups is 1. The number of halogens is 1. The van der Waals surface area contributed by atoms with Crippen molar-refractivity contribution in [3.05, 3.63) is 16.5 Å².